The molecule has 3 aromatic rings. The molecule has 25 heavy (non-hydrogen) atoms. The average Bonchev–Trinajstić information content (AvgIpc) is 2.65. The van der Waals surface area contributed by atoms with Crippen LogP contribution in [0.4, 0.5) is 5.69 Å². The van der Waals surface area contributed by atoms with Crippen LogP contribution in [0.25, 0.3) is 11.0 Å². The molecule has 1 heterocycles. The van der Waals surface area contributed by atoms with E-state index in [9.17, 15) is 4.79 Å². The first kappa shape index (κ1) is 16.7. The van der Waals surface area contributed by atoms with Crippen molar-refractivity contribution < 1.29 is 14.3 Å². The summed E-state index contributed by atoms with van der Waals surface area (Å²) in [7, 11) is 3.14. The Balaban J connectivity index is 1.70. The van der Waals surface area contributed by atoms with Crippen LogP contribution in [0, 0.1) is 0 Å². The molecule has 0 aliphatic carbocycles. The van der Waals surface area contributed by atoms with Gasteiger partial charge in [0.2, 0.25) is 11.8 Å². The number of nitrogens with one attached hydrogen (secondary N) is 1. The summed E-state index contributed by atoms with van der Waals surface area (Å²) in [5.74, 6) is 1.04. The second-order valence-electron chi connectivity index (χ2n) is 5.45. The van der Waals surface area contributed by atoms with Crippen LogP contribution in [0.3, 0.4) is 0 Å². The van der Waals surface area contributed by atoms with Gasteiger partial charge in [-0.1, -0.05) is 18.2 Å². The largest absolute Gasteiger partial charge is 0.497 e. The number of anilines is 1. The third kappa shape index (κ3) is 4.03. The maximum Gasteiger partial charge on any atom is 0.235 e. The van der Waals surface area contributed by atoms with Crippen LogP contribution in [-0.2, 0) is 11.2 Å². The van der Waals surface area contributed by atoms with E-state index in [0.29, 0.717) is 29.4 Å². The van der Waals surface area contributed by atoms with Gasteiger partial charge in [-0.25, -0.2) is 9.97 Å². The number of amides is 1. The zero-order valence-corrected chi connectivity index (χ0v) is 14.2. The van der Waals surface area contributed by atoms with Crippen LogP contribution < -0.4 is 14.8 Å². The van der Waals surface area contributed by atoms with Crippen LogP contribution in [0.1, 0.15) is 12.1 Å². The van der Waals surface area contributed by atoms with Crippen molar-refractivity contribution in [1.29, 1.82) is 0 Å². The highest BCUT2D eigenvalue weighted by atomic mass is 16.5. The number of methoxy groups -OCH3 is 2. The molecule has 0 fully saturated rings. The minimum atomic E-state index is -0.106. The smallest absolute Gasteiger partial charge is 0.235 e. The molecule has 128 valence electrons. The Morgan fingerprint density at radius 2 is 1.76 bits per heavy atom. The minimum Gasteiger partial charge on any atom is -0.497 e. The number of rotatable bonds is 6. The van der Waals surface area contributed by atoms with Crippen LogP contribution in [-0.4, -0.2) is 30.1 Å². The molecular formula is C19H19N3O3. The van der Waals surface area contributed by atoms with E-state index in [0.717, 1.165) is 11.0 Å². The fourth-order valence-electron chi connectivity index (χ4n) is 2.50. The van der Waals surface area contributed by atoms with E-state index in [1.165, 1.54) is 0 Å². The summed E-state index contributed by atoms with van der Waals surface area (Å²) < 4.78 is 10.5. The third-order valence-electron chi connectivity index (χ3n) is 3.74. The van der Waals surface area contributed by atoms with Gasteiger partial charge in [-0.3, -0.25) is 4.79 Å². The maximum atomic E-state index is 12.2. The fourth-order valence-corrected chi connectivity index (χ4v) is 2.50. The molecule has 2 aromatic carbocycles. The van der Waals surface area contributed by atoms with Crippen molar-refractivity contribution in [3.8, 4) is 11.6 Å². The van der Waals surface area contributed by atoms with E-state index in [1.54, 1.807) is 20.3 Å². The molecule has 0 saturated carbocycles. The van der Waals surface area contributed by atoms with Gasteiger partial charge in [-0.05, 0) is 24.3 Å². The molecule has 0 aliphatic heterocycles. The number of carbonyl (C=O) groups is 1. The molecule has 1 N–H and O–H groups in total. The highest BCUT2D eigenvalue weighted by Crippen LogP contribution is 2.21. The molecule has 0 saturated heterocycles. The SMILES string of the molecule is COc1cccc(NC(=O)CCc2nc3ccccc3nc2OC)c1. The molecule has 0 unspecified atom stereocenters. The van der Waals surface area contributed by atoms with Crippen LogP contribution in [0.15, 0.2) is 48.5 Å². The quantitative estimate of drug-likeness (QED) is 0.747. The number of aryl methyl sites for hydroxylation is 1. The van der Waals surface area contributed by atoms with E-state index in [2.05, 4.69) is 15.3 Å². The Morgan fingerprint density at radius 1 is 1.00 bits per heavy atom. The topological polar surface area (TPSA) is 73.3 Å². The van der Waals surface area contributed by atoms with Gasteiger partial charge in [0.25, 0.3) is 0 Å². The Morgan fingerprint density at radius 3 is 2.48 bits per heavy atom. The number of fused-ring (bicyclic) bond motifs is 1. The Bertz CT molecular complexity index is 896. The van der Waals surface area contributed by atoms with Gasteiger partial charge < -0.3 is 14.8 Å². The Kier molecular flexibility index (Phi) is 5.09. The maximum absolute atomic E-state index is 12.2. The lowest BCUT2D eigenvalue weighted by molar-refractivity contribution is -0.116. The third-order valence-corrected chi connectivity index (χ3v) is 3.74. The summed E-state index contributed by atoms with van der Waals surface area (Å²) in [6, 6.07) is 14.8. The zero-order chi connectivity index (χ0) is 17.6. The monoisotopic (exact) mass is 337 g/mol. The number of para-hydroxylation sites is 2. The standard InChI is InChI=1S/C19H19N3O3/c1-24-14-7-5-6-13(12-14)20-18(23)11-10-17-19(25-2)22-16-9-4-3-8-15(16)21-17/h3-9,12H,10-11H2,1-2H3,(H,20,23). The molecule has 0 bridgehead atoms. The van der Waals surface area contributed by atoms with Crippen molar-refractivity contribution in [1.82, 2.24) is 9.97 Å². The predicted molar refractivity (Wildman–Crippen MR) is 96.0 cm³/mol. The summed E-state index contributed by atoms with van der Waals surface area (Å²) >= 11 is 0. The first-order valence-electron chi connectivity index (χ1n) is 7.93. The molecule has 0 atom stereocenters. The van der Waals surface area contributed by atoms with Crippen molar-refractivity contribution in [3.05, 3.63) is 54.2 Å². The number of nitrogens with zero attached hydrogens (tertiary/aromatic N) is 2. The number of ether oxygens (including phenoxy) is 2. The number of hydrogen-bond donors (Lipinski definition) is 1. The first-order valence-corrected chi connectivity index (χ1v) is 7.93. The second kappa shape index (κ2) is 7.61. The molecule has 3 rings (SSSR count). The van der Waals surface area contributed by atoms with Gasteiger partial charge in [-0.15, -0.1) is 0 Å². The second-order valence-corrected chi connectivity index (χ2v) is 5.45. The van der Waals surface area contributed by atoms with Crippen LogP contribution >= 0.6 is 0 Å². The van der Waals surface area contributed by atoms with Gasteiger partial charge in [0.1, 0.15) is 11.4 Å². The molecule has 6 nitrogen and oxygen atoms in total. The van der Waals surface area contributed by atoms with Crippen LogP contribution in [0.5, 0.6) is 11.6 Å². The van der Waals surface area contributed by atoms with Gasteiger partial charge in [0.15, 0.2) is 0 Å². The lowest BCUT2D eigenvalue weighted by Crippen LogP contribution is -2.13. The average molecular weight is 337 g/mol. The minimum absolute atomic E-state index is 0.106. The van der Waals surface area contributed by atoms with Crippen molar-refractivity contribution in [3.63, 3.8) is 0 Å². The summed E-state index contributed by atoms with van der Waals surface area (Å²) in [6.45, 7) is 0. The van der Waals surface area contributed by atoms with E-state index >= 15 is 0 Å². The Labute approximate surface area is 145 Å². The lowest BCUT2D eigenvalue weighted by Gasteiger charge is -2.09. The fraction of sp³-hybridized carbons (Fsp3) is 0.211. The molecule has 0 radical (unpaired) electrons. The van der Waals surface area contributed by atoms with Crippen molar-refractivity contribution in [2.45, 2.75) is 12.8 Å². The van der Waals surface area contributed by atoms with E-state index in [1.807, 2.05) is 42.5 Å². The van der Waals surface area contributed by atoms with Crippen molar-refractivity contribution >= 4 is 22.6 Å². The summed E-state index contributed by atoms with van der Waals surface area (Å²) in [4.78, 5) is 21.2. The highest BCUT2D eigenvalue weighted by molar-refractivity contribution is 5.91. The van der Waals surface area contributed by atoms with Gasteiger partial charge in [-0.2, -0.15) is 0 Å². The highest BCUT2D eigenvalue weighted by Gasteiger charge is 2.12. The van der Waals surface area contributed by atoms with Gasteiger partial charge in [0.05, 0.1) is 25.3 Å². The lowest BCUT2D eigenvalue weighted by atomic mass is 10.2. The molecule has 0 aliphatic rings. The van der Waals surface area contributed by atoms with E-state index in [4.69, 9.17) is 9.47 Å². The normalized spacial score (nSPS) is 10.5. The number of carbonyl (C=O) groups excluding carboxylic acids is 1. The molecule has 1 aromatic heterocycles. The summed E-state index contributed by atoms with van der Waals surface area (Å²) in [5, 5.41) is 2.85. The molecule has 6 heteroatoms. The van der Waals surface area contributed by atoms with Crippen molar-refractivity contribution in [2.75, 3.05) is 19.5 Å². The van der Waals surface area contributed by atoms with Crippen molar-refractivity contribution in [2.24, 2.45) is 0 Å². The van der Waals surface area contributed by atoms with Crippen LogP contribution in [0.2, 0.25) is 0 Å². The molecule has 0 spiro atoms. The summed E-state index contributed by atoms with van der Waals surface area (Å²) in [6.07, 6.45) is 0.720. The first-order chi connectivity index (χ1) is 12.2. The Hall–Kier alpha value is -3.15. The van der Waals surface area contributed by atoms with Gasteiger partial charge >= 0.3 is 0 Å². The van der Waals surface area contributed by atoms with E-state index < -0.39 is 0 Å². The van der Waals surface area contributed by atoms with E-state index in [-0.39, 0.29) is 12.3 Å². The molecular weight excluding hydrogens is 318 g/mol. The number of aromatic nitrogens is 2. The predicted octanol–water partition coefficient (Wildman–Crippen LogP) is 3.22. The summed E-state index contributed by atoms with van der Waals surface area (Å²) in [5.41, 5.74) is 2.92. The zero-order valence-electron chi connectivity index (χ0n) is 14.2. The van der Waals surface area contributed by atoms with Gasteiger partial charge in [0, 0.05) is 24.6 Å². The number of hydrogen-bond acceptors (Lipinski definition) is 5. The molecule has 1 amide bonds. The number of benzene rings is 2.